The highest BCUT2D eigenvalue weighted by Crippen LogP contribution is 2.14. The summed E-state index contributed by atoms with van der Waals surface area (Å²) < 4.78 is 6.23. The standard InChI is InChI=1S/C8H24N2OSi2/c1-8(9-2)13(7,10-3)11-12(4,5)6/h8-10H,1-7H3. The van der Waals surface area contributed by atoms with Crippen LogP contribution in [-0.4, -0.2) is 36.6 Å². The Labute approximate surface area is 84.6 Å². The maximum Gasteiger partial charge on any atom is 0.271 e. The van der Waals surface area contributed by atoms with E-state index in [0.29, 0.717) is 5.67 Å². The van der Waals surface area contributed by atoms with E-state index in [9.17, 15) is 0 Å². The summed E-state index contributed by atoms with van der Waals surface area (Å²) in [5.41, 5.74) is 0.434. The van der Waals surface area contributed by atoms with Gasteiger partial charge in [-0.05, 0) is 47.2 Å². The van der Waals surface area contributed by atoms with Crippen molar-refractivity contribution in [3.05, 3.63) is 0 Å². The van der Waals surface area contributed by atoms with Crippen molar-refractivity contribution >= 4 is 16.8 Å². The second kappa shape index (κ2) is 4.70. The largest absolute Gasteiger partial charge is 0.444 e. The van der Waals surface area contributed by atoms with Crippen LogP contribution in [0.2, 0.25) is 26.2 Å². The molecule has 0 radical (unpaired) electrons. The summed E-state index contributed by atoms with van der Waals surface area (Å²) in [4.78, 5) is 3.37. The molecule has 0 bridgehead atoms. The lowest BCUT2D eigenvalue weighted by atomic mass is 10.8. The van der Waals surface area contributed by atoms with Crippen molar-refractivity contribution in [3.63, 3.8) is 0 Å². The first-order valence-corrected chi connectivity index (χ1v) is 10.7. The summed E-state index contributed by atoms with van der Waals surface area (Å²) in [6.07, 6.45) is 0. The van der Waals surface area contributed by atoms with Crippen molar-refractivity contribution in [2.45, 2.75) is 38.8 Å². The third-order valence-corrected chi connectivity index (χ3v) is 9.35. The maximum absolute atomic E-state index is 6.23. The fourth-order valence-corrected chi connectivity index (χ4v) is 8.46. The highest BCUT2D eigenvalue weighted by Gasteiger charge is 2.38. The van der Waals surface area contributed by atoms with Gasteiger partial charge in [-0.2, -0.15) is 0 Å². The molecule has 80 valence electrons. The van der Waals surface area contributed by atoms with E-state index in [1.54, 1.807) is 0 Å². The topological polar surface area (TPSA) is 33.3 Å². The molecule has 0 aliphatic carbocycles. The molecular formula is C8H24N2OSi2. The van der Waals surface area contributed by atoms with Gasteiger partial charge in [0.15, 0.2) is 8.32 Å². The van der Waals surface area contributed by atoms with Crippen LogP contribution >= 0.6 is 0 Å². The first kappa shape index (κ1) is 13.3. The fourth-order valence-electron chi connectivity index (χ4n) is 1.27. The molecule has 0 rings (SSSR count). The average molecular weight is 220 g/mol. The lowest BCUT2D eigenvalue weighted by molar-refractivity contribution is 0.490. The number of hydrogen-bond acceptors (Lipinski definition) is 3. The Morgan fingerprint density at radius 1 is 1.08 bits per heavy atom. The lowest BCUT2D eigenvalue weighted by Gasteiger charge is -2.37. The molecule has 0 amide bonds. The number of rotatable bonds is 5. The molecule has 2 N–H and O–H groups in total. The quantitative estimate of drug-likeness (QED) is 0.685. The summed E-state index contributed by atoms with van der Waals surface area (Å²) in [5.74, 6) is 0. The molecule has 0 saturated heterocycles. The zero-order chi connectivity index (χ0) is 10.7. The minimum absolute atomic E-state index is 0.434. The smallest absolute Gasteiger partial charge is 0.271 e. The summed E-state index contributed by atoms with van der Waals surface area (Å²) in [6.45, 7) is 11.1. The number of hydrogen-bond donors (Lipinski definition) is 2. The first-order valence-electron chi connectivity index (χ1n) is 4.81. The van der Waals surface area contributed by atoms with Crippen LogP contribution in [0, 0.1) is 0 Å². The normalized spacial score (nSPS) is 19.6. The van der Waals surface area contributed by atoms with Gasteiger partial charge in [-0.15, -0.1) is 0 Å². The van der Waals surface area contributed by atoms with Crippen LogP contribution in [0.15, 0.2) is 0 Å². The molecule has 0 spiro atoms. The van der Waals surface area contributed by atoms with E-state index in [2.05, 4.69) is 43.4 Å². The van der Waals surface area contributed by atoms with Crippen LogP contribution in [-0.2, 0) is 4.12 Å². The van der Waals surface area contributed by atoms with Gasteiger partial charge in [0.25, 0.3) is 8.48 Å². The second-order valence-corrected chi connectivity index (χ2v) is 13.2. The van der Waals surface area contributed by atoms with Gasteiger partial charge in [-0.1, -0.05) is 0 Å². The molecule has 2 atom stereocenters. The van der Waals surface area contributed by atoms with E-state index in [0.717, 1.165) is 0 Å². The first-order chi connectivity index (χ1) is 5.75. The van der Waals surface area contributed by atoms with Crippen LogP contribution in [0.4, 0.5) is 0 Å². The van der Waals surface area contributed by atoms with Crippen LogP contribution in [0.5, 0.6) is 0 Å². The Hall–Kier alpha value is 0.314. The van der Waals surface area contributed by atoms with Crippen LogP contribution in [0.25, 0.3) is 0 Å². The molecule has 0 saturated carbocycles. The molecule has 0 aromatic heterocycles. The molecule has 13 heavy (non-hydrogen) atoms. The molecule has 0 aromatic rings. The Morgan fingerprint density at radius 3 is 1.77 bits per heavy atom. The van der Waals surface area contributed by atoms with Gasteiger partial charge >= 0.3 is 0 Å². The summed E-state index contributed by atoms with van der Waals surface area (Å²) in [6, 6.07) is 0. The molecule has 2 unspecified atom stereocenters. The van der Waals surface area contributed by atoms with Gasteiger partial charge in [-0.3, -0.25) is 0 Å². The van der Waals surface area contributed by atoms with E-state index in [1.807, 2.05) is 14.1 Å². The minimum Gasteiger partial charge on any atom is -0.444 e. The zero-order valence-electron chi connectivity index (χ0n) is 9.99. The summed E-state index contributed by atoms with van der Waals surface area (Å²) in [5, 5.41) is 3.28. The van der Waals surface area contributed by atoms with Gasteiger partial charge in [0, 0.05) is 5.67 Å². The molecule has 5 heteroatoms. The predicted molar refractivity (Wildman–Crippen MR) is 63.6 cm³/mol. The molecule has 0 fully saturated rings. The molecule has 0 heterocycles. The predicted octanol–water partition coefficient (Wildman–Crippen LogP) is 1.28. The molecular weight excluding hydrogens is 196 g/mol. The van der Waals surface area contributed by atoms with Crippen LogP contribution in [0.3, 0.4) is 0 Å². The maximum atomic E-state index is 6.23. The number of nitrogens with one attached hydrogen (secondary N) is 2. The Balaban J connectivity index is 4.45. The SMILES string of the molecule is CNC(C)[Si](C)(NC)O[Si](C)(C)C. The van der Waals surface area contributed by atoms with Crippen molar-refractivity contribution in [2.24, 2.45) is 0 Å². The molecule has 3 nitrogen and oxygen atoms in total. The third kappa shape index (κ3) is 4.37. The van der Waals surface area contributed by atoms with Crippen molar-refractivity contribution < 1.29 is 4.12 Å². The zero-order valence-corrected chi connectivity index (χ0v) is 12.0. The van der Waals surface area contributed by atoms with E-state index < -0.39 is 16.8 Å². The third-order valence-electron chi connectivity index (χ3n) is 2.27. The summed E-state index contributed by atoms with van der Waals surface area (Å²) >= 11 is 0. The Kier molecular flexibility index (Phi) is 4.81. The van der Waals surface area contributed by atoms with Gasteiger partial charge in [0.1, 0.15) is 0 Å². The van der Waals surface area contributed by atoms with Crippen molar-refractivity contribution in [1.29, 1.82) is 0 Å². The molecule has 0 aliphatic rings. The second-order valence-electron chi connectivity index (χ2n) is 4.58. The van der Waals surface area contributed by atoms with Crippen LogP contribution < -0.4 is 10.3 Å². The van der Waals surface area contributed by atoms with Gasteiger partial charge < -0.3 is 14.4 Å². The van der Waals surface area contributed by atoms with E-state index >= 15 is 0 Å². The minimum atomic E-state index is -1.76. The lowest BCUT2D eigenvalue weighted by Crippen LogP contribution is -2.65. The van der Waals surface area contributed by atoms with Crippen molar-refractivity contribution in [3.8, 4) is 0 Å². The monoisotopic (exact) mass is 220 g/mol. The van der Waals surface area contributed by atoms with Crippen molar-refractivity contribution in [1.82, 2.24) is 10.3 Å². The van der Waals surface area contributed by atoms with Crippen LogP contribution in [0.1, 0.15) is 6.92 Å². The highest BCUT2D eigenvalue weighted by molar-refractivity contribution is 6.84. The Bertz CT molecular complexity index is 161. The van der Waals surface area contributed by atoms with Gasteiger partial charge in [0.2, 0.25) is 0 Å². The summed E-state index contributed by atoms with van der Waals surface area (Å²) in [7, 11) is 0.792. The van der Waals surface area contributed by atoms with Gasteiger partial charge in [-0.25, -0.2) is 0 Å². The van der Waals surface area contributed by atoms with E-state index in [-0.39, 0.29) is 0 Å². The molecule has 0 aromatic carbocycles. The van der Waals surface area contributed by atoms with Gasteiger partial charge in [0.05, 0.1) is 0 Å². The van der Waals surface area contributed by atoms with E-state index in [4.69, 9.17) is 4.12 Å². The highest BCUT2D eigenvalue weighted by atomic mass is 28.4. The fraction of sp³-hybridized carbons (Fsp3) is 1.00. The average Bonchev–Trinajstić information content (AvgIpc) is 1.99. The Morgan fingerprint density at radius 2 is 1.54 bits per heavy atom. The van der Waals surface area contributed by atoms with Crippen molar-refractivity contribution in [2.75, 3.05) is 14.1 Å². The van der Waals surface area contributed by atoms with E-state index in [1.165, 1.54) is 0 Å². The molecule has 0 aliphatic heterocycles.